The van der Waals surface area contributed by atoms with Crippen molar-refractivity contribution in [3.8, 4) is 11.5 Å². The Labute approximate surface area is 238 Å². The highest BCUT2D eigenvalue weighted by Gasteiger charge is 2.62. The molecule has 3 heterocycles. The first-order valence-corrected chi connectivity index (χ1v) is 15.5. The molecule has 4 bridgehead atoms. The third kappa shape index (κ3) is 3.22. The number of likely N-dealkylation sites (tertiary alicyclic amines) is 1. The van der Waals surface area contributed by atoms with Crippen molar-refractivity contribution in [3.05, 3.63) is 82.1 Å². The summed E-state index contributed by atoms with van der Waals surface area (Å²) in [7, 11) is 5.68. The van der Waals surface area contributed by atoms with Crippen LogP contribution < -0.4 is 14.8 Å². The second-order valence-corrected chi connectivity index (χ2v) is 13.1. The van der Waals surface area contributed by atoms with Gasteiger partial charge in [-0.3, -0.25) is 4.90 Å². The minimum absolute atomic E-state index is 0.0611. The molecular weight excluding hydrogens is 496 g/mol. The molecule has 1 spiro atoms. The zero-order valence-corrected chi connectivity index (χ0v) is 24.2. The Kier molecular flexibility index (Phi) is 5.70. The van der Waals surface area contributed by atoms with Gasteiger partial charge < -0.3 is 19.5 Å². The summed E-state index contributed by atoms with van der Waals surface area (Å²) in [6.45, 7) is 2.31. The van der Waals surface area contributed by atoms with Gasteiger partial charge in [0.15, 0.2) is 17.6 Å². The van der Waals surface area contributed by atoms with Gasteiger partial charge in [-0.1, -0.05) is 49.2 Å². The molecule has 5 heteroatoms. The number of nitrogens with one attached hydrogen (secondary N) is 1. The standard InChI is InChI=1S/C19H21NO3.C16H21N/c1-20-9-8-19-12-5-7-15(22-3)18(19)23-17-14(21-2)6-4-11(16(17)19)10-13(12)20;1-2-6-13-12(5-1)11-15-14-7-3-4-8-16(13,14)9-10-17-15/h4-7,13,18H,8-10H2,1-3H3;1-2,5-6,14-15,17H,3-4,7-11H2/t13-,18+,19+;14-,15+,16-/m10/s1. The van der Waals surface area contributed by atoms with Crippen molar-refractivity contribution in [1.82, 2.24) is 10.2 Å². The van der Waals surface area contributed by atoms with Crippen LogP contribution in [0.4, 0.5) is 0 Å². The summed E-state index contributed by atoms with van der Waals surface area (Å²) >= 11 is 0. The Morgan fingerprint density at radius 3 is 2.73 bits per heavy atom. The number of ether oxygens (including phenoxy) is 3. The van der Waals surface area contributed by atoms with Gasteiger partial charge in [-0.15, -0.1) is 0 Å². The summed E-state index contributed by atoms with van der Waals surface area (Å²) in [5, 5.41) is 3.79. The summed E-state index contributed by atoms with van der Waals surface area (Å²) < 4.78 is 17.7. The van der Waals surface area contributed by atoms with Gasteiger partial charge in [0.25, 0.3) is 0 Å². The molecule has 0 radical (unpaired) electrons. The lowest BCUT2D eigenvalue weighted by Gasteiger charge is -2.56. The predicted molar refractivity (Wildman–Crippen MR) is 157 cm³/mol. The average molecular weight is 539 g/mol. The van der Waals surface area contributed by atoms with Gasteiger partial charge in [0.2, 0.25) is 0 Å². The van der Waals surface area contributed by atoms with E-state index in [0.29, 0.717) is 11.5 Å². The van der Waals surface area contributed by atoms with Crippen molar-refractivity contribution in [2.75, 3.05) is 34.4 Å². The van der Waals surface area contributed by atoms with Crippen LogP contribution in [0, 0.1) is 5.92 Å². The number of fused-ring (bicyclic) bond motifs is 1. The lowest BCUT2D eigenvalue weighted by Crippen LogP contribution is -2.59. The molecule has 7 aliphatic rings. The van der Waals surface area contributed by atoms with Crippen molar-refractivity contribution in [2.24, 2.45) is 5.92 Å². The van der Waals surface area contributed by atoms with Gasteiger partial charge in [-0.25, -0.2) is 0 Å². The molecule has 0 aromatic heterocycles. The van der Waals surface area contributed by atoms with Gasteiger partial charge in [-0.05, 0) is 99.0 Å². The van der Waals surface area contributed by atoms with Gasteiger partial charge in [0, 0.05) is 23.1 Å². The molecule has 1 N–H and O–H groups in total. The molecule has 1 saturated carbocycles. The smallest absolute Gasteiger partial charge is 0.169 e. The highest BCUT2D eigenvalue weighted by atomic mass is 16.6. The lowest BCUT2D eigenvalue weighted by atomic mass is 9.53. The van der Waals surface area contributed by atoms with Gasteiger partial charge in [0.1, 0.15) is 5.76 Å². The fourth-order valence-electron chi connectivity index (χ4n) is 9.99. The molecule has 2 saturated heterocycles. The van der Waals surface area contributed by atoms with E-state index in [0.717, 1.165) is 48.6 Å². The van der Waals surface area contributed by atoms with Crippen LogP contribution in [-0.2, 0) is 28.4 Å². The fraction of sp³-hybridized carbons (Fsp3) is 0.543. The van der Waals surface area contributed by atoms with E-state index in [1.807, 2.05) is 6.07 Å². The highest BCUT2D eigenvalue weighted by Crippen LogP contribution is 2.62. The number of hydrogen-bond donors (Lipinski definition) is 1. The van der Waals surface area contributed by atoms with Crippen LogP contribution in [0.3, 0.4) is 0 Å². The molecule has 9 rings (SSSR count). The summed E-state index contributed by atoms with van der Waals surface area (Å²) in [4.78, 5) is 2.48. The minimum atomic E-state index is -0.0747. The van der Waals surface area contributed by atoms with E-state index < -0.39 is 0 Å². The minimum Gasteiger partial charge on any atom is -0.497 e. The second-order valence-electron chi connectivity index (χ2n) is 13.1. The number of nitrogens with zero attached hydrogens (tertiary/aromatic N) is 1. The van der Waals surface area contributed by atoms with E-state index in [-0.39, 0.29) is 11.5 Å². The molecule has 6 atom stereocenters. The van der Waals surface area contributed by atoms with Crippen LogP contribution >= 0.6 is 0 Å². The third-order valence-electron chi connectivity index (χ3n) is 11.7. The van der Waals surface area contributed by atoms with E-state index in [1.165, 1.54) is 61.8 Å². The maximum atomic E-state index is 6.46. The molecule has 3 aliphatic heterocycles. The zero-order chi connectivity index (χ0) is 27.1. The predicted octanol–water partition coefficient (Wildman–Crippen LogP) is 5.46. The number of piperidine rings is 2. The fourth-order valence-corrected chi connectivity index (χ4v) is 9.99. The van der Waals surface area contributed by atoms with Crippen molar-refractivity contribution >= 4 is 0 Å². The first-order valence-electron chi connectivity index (χ1n) is 15.5. The SMILES string of the molecule is COC1=CC=C2[C@H]3Cc4ccc(OC)c5c4[C@@]2(CCN3C)[C@H]1O5.c1ccc2c(c1)C[C@H]1NCC[C@@]23CCCC[C@@H]13. The van der Waals surface area contributed by atoms with Gasteiger partial charge in [-0.2, -0.15) is 0 Å². The Morgan fingerprint density at radius 2 is 1.85 bits per heavy atom. The van der Waals surface area contributed by atoms with Crippen molar-refractivity contribution < 1.29 is 14.2 Å². The molecule has 210 valence electrons. The highest BCUT2D eigenvalue weighted by molar-refractivity contribution is 5.67. The number of likely N-dealkylation sites (N-methyl/N-ethyl adjacent to an activating group) is 1. The number of methoxy groups -OCH3 is 2. The average Bonchev–Trinajstić information content (AvgIpc) is 3.34. The molecule has 0 unspecified atom stereocenters. The Balaban J connectivity index is 0.000000128. The number of benzene rings is 2. The Bertz CT molecular complexity index is 1410. The van der Waals surface area contributed by atoms with Crippen molar-refractivity contribution in [3.63, 3.8) is 0 Å². The summed E-state index contributed by atoms with van der Waals surface area (Å²) in [5.41, 5.74) is 8.04. The Hall–Kier alpha value is -2.76. The van der Waals surface area contributed by atoms with Crippen LogP contribution in [0.2, 0.25) is 0 Å². The number of allylic oxidation sites excluding steroid dienone is 2. The number of rotatable bonds is 2. The third-order valence-corrected chi connectivity index (χ3v) is 11.7. The Morgan fingerprint density at radius 1 is 0.950 bits per heavy atom. The summed E-state index contributed by atoms with van der Waals surface area (Å²) in [6.07, 6.45) is 14.8. The van der Waals surface area contributed by atoms with E-state index in [4.69, 9.17) is 14.2 Å². The summed E-state index contributed by atoms with van der Waals surface area (Å²) in [5.74, 6) is 3.59. The quantitative estimate of drug-likeness (QED) is 0.550. The van der Waals surface area contributed by atoms with Crippen LogP contribution in [-0.4, -0.2) is 57.4 Å². The van der Waals surface area contributed by atoms with Gasteiger partial charge >= 0.3 is 0 Å². The monoisotopic (exact) mass is 538 g/mol. The van der Waals surface area contributed by atoms with E-state index >= 15 is 0 Å². The molecule has 40 heavy (non-hydrogen) atoms. The maximum absolute atomic E-state index is 6.46. The van der Waals surface area contributed by atoms with E-state index in [2.05, 4.69) is 59.7 Å². The van der Waals surface area contributed by atoms with Crippen LogP contribution in [0.25, 0.3) is 0 Å². The maximum Gasteiger partial charge on any atom is 0.169 e. The molecule has 0 amide bonds. The normalized spacial score (nSPS) is 35.9. The second kappa shape index (κ2) is 9.12. The molecule has 2 aromatic carbocycles. The topological polar surface area (TPSA) is 43.0 Å². The van der Waals surface area contributed by atoms with E-state index in [9.17, 15) is 0 Å². The summed E-state index contributed by atoms with van der Waals surface area (Å²) in [6, 6.07) is 14.7. The molecule has 2 aromatic rings. The lowest BCUT2D eigenvalue weighted by molar-refractivity contribution is 0.0734. The van der Waals surface area contributed by atoms with E-state index in [1.54, 1.807) is 25.3 Å². The van der Waals surface area contributed by atoms with Crippen LogP contribution in [0.5, 0.6) is 11.5 Å². The zero-order valence-electron chi connectivity index (χ0n) is 24.2. The van der Waals surface area contributed by atoms with Gasteiger partial charge in [0.05, 0.1) is 19.6 Å². The molecule has 4 aliphatic carbocycles. The van der Waals surface area contributed by atoms with Crippen LogP contribution in [0.1, 0.15) is 60.8 Å². The molecule has 3 fully saturated rings. The van der Waals surface area contributed by atoms with Crippen LogP contribution in [0.15, 0.2) is 59.9 Å². The van der Waals surface area contributed by atoms with Crippen molar-refractivity contribution in [2.45, 2.75) is 80.4 Å². The first-order chi connectivity index (χ1) is 19.6. The first kappa shape index (κ1) is 25.0. The number of hydrogen-bond acceptors (Lipinski definition) is 5. The van der Waals surface area contributed by atoms with Crippen molar-refractivity contribution in [1.29, 1.82) is 0 Å². The molecule has 5 nitrogen and oxygen atoms in total. The molecular formula is C35H42N2O3. The largest absolute Gasteiger partial charge is 0.497 e.